The smallest absolute Gasteiger partial charge is 0.407 e. The van der Waals surface area contributed by atoms with Gasteiger partial charge in [-0.3, -0.25) is 4.98 Å². The summed E-state index contributed by atoms with van der Waals surface area (Å²) in [5.41, 5.74) is 0.685. The van der Waals surface area contributed by atoms with Crippen molar-refractivity contribution in [2.45, 2.75) is 58.6 Å². The number of piperidine rings is 1. The molecule has 0 spiro atoms. The molecule has 0 bridgehead atoms. The molecule has 5 nitrogen and oxygen atoms in total. The van der Waals surface area contributed by atoms with Gasteiger partial charge in [0.15, 0.2) is 0 Å². The SMILES string of the molecule is C[C@@H](NC(=O)OC(C)(C)C)[C@@H]1CCCN(CCc2ccccn2)C1. The zero-order valence-electron chi connectivity index (χ0n) is 15.4. The van der Waals surface area contributed by atoms with E-state index in [1.165, 1.54) is 6.42 Å². The minimum atomic E-state index is -0.453. The van der Waals surface area contributed by atoms with Crippen LogP contribution in [0.3, 0.4) is 0 Å². The fourth-order valence-corrected chi connectivity index (χ4v) is 3.13. The van der Waals surface area contributed by atoms with E-state index < -0.39 is 5.60 Å². The zero-order valence-corrected chi connectivity index (χ0v) is 15.4. The van der Waals surface area contributed by atoms with Crippen LogP contribution in [0.15, 0.2) is 24.4 Å². The van der Waals surface area contributed by atoms with E-state index in [1.807, 2.05) is 39.1 Å². The summed E-state index contributed by atoms with van der Waals surface area (Å²) in [6.45, 7) is 10.9. The van der Waals surface area contributed by atoms with E-state index in [2.05, 4.69) is 28.2 Å². The first kappa shape index (κ1) is 18.7. The van der Waals surface area contributed by atoms with Crippen molar-refractivity contribution in [3.8, 4) is 0 Å². The summed E-state index contributed by atoms with van der Waals surface area (Å²) in [5, 5.41) is 3.00. The van der Waals surface area contributed by atoms with Gasteiger partial charge >= 0.3 is 6.09 Å². The Kier molecular flexibility index (Phi) is 6.60. The van der Waals surface area contributed by atoms with Gasteiger partial charge in [0.1, 0.15) is 5.60 Å². The molecule has 0 radical (unpaired) electrons. The number of hydrogen-bond acceptors (Lipinski definition) is 4. The maximum Gasteiger partial charge on any atom is 0.407 e. The minimum absolute atomic E-state index is 0.123. The second-order valence-corrected chi connectivity index (χ2v) is 7.71. The van der Waals surface area contributed by atoms with Crippen molar-refractivity contribution in [2.24, 2.45) is 5.92 Å². The Morgan fingerprint density at radius 3 is 2.92 bits per heavy atom. The summed E-state index contributed by atoms with van der Waals surface area (Å²) < 4.78 is 5.36. The van der Waals surface area contributed by atoms with E-state index >= 15 is 0 Å². The van der Waals surface area contributed by atoms with Crippen LogP contribution in [0, 0.1) is 5.92 Å². The van der Waals surface area contributed by atoms with Crippen LogP contribution in [-0.4, -0.2) is 47.3 Å². The first-order chi connectivity index (χ1) is 11.3. The van der Waals surface area contributed by atoms with Crippen molar-refractivity contribution in [3.63, 3.8) is 0 Å². The van der Waals surface area contributed by atoms with Gasteiger partial charge in [-0.05, 0) is 65.1 Å². The number of nitrogens with zero attached hydrogens (tertiary/aromatic N) is 2. The number of likely N-dealkylation sites (tertiary alicyclic amines) is 1. The summed E-state index contributed by atoms with van der Waals surface area (Å²) in [6, 6.07) is 6.18. The summed E-state index contributed by atoms with van der Waals surface area (Å²) >= 11 is 0. The monoisotopic (exact) mass is 333 g/mol. The van der Waals surface area contributed by atoms with Gasteiger partial charge in [0, 0.05) is 37.4 Å². The van der Waals surface area contributed by atoms with Crippen LogP contribution in [0.4, 0.5) is 4.79 Å². The normalized spacial score (nSPS) is 20.4. The fraction of sp³-hybridized carbons (Fsp3) is 0.684. The van der Waals surface area contributed by atoms with Gasteiger partial charge < -0.3 is 15.0 Å². The molecule has 2 heterocycles. The molecule has 2 rings (SSSR count). The highest BCUT2D eigenvalue weighted by Gasteiger charge is 2.27. The highest BCUT2D eigenvalue weighted by Crippen LogP contribution is 2.20. The molecular weight excluding hydrogens is 302 g/mol. The molecule has 0 unspecified atom stereocenters. The average molecular weight is 333 g/mol. The van der Waals surface area contributed by atoms with Crippen molar-refractivity contribution >= 4 is 6.09 Å². The van der Waals surface area contributed by atoms with E-state index in [1.54, 1.807) is 0 Å². The van der Waals surface area contributed by atoms with E-state index in [-0.39, 0.29) is 12.1 Å². The number of ether oxygens (including phenoxy) is 1. The lowest BCUT2D eigenvalue weighted by Crippen LogP contribution is -2.47. The van der Waals surface area contributed by atoms with Crippen molar-refractivity contribution in [1.82, 2.24) is 15.2 Å². The van der Waals surface area contributed by atoms with Crippen LogP contribution in [0.1, 0.15) is 46.2 Å². The average Bonchev–Trinajstić information content (AvgIpc) is 2.52. The Bertz CT molecular complexity index is 513. The Hall–Kier alpha value is -1.62. The van der Waals surface area contributed by atoms with Crippen LogP contribution in [-0.2, 0) is 11.2 Å². The van der Waals surface area contributed by atoms with Crippen molar-refractivity contribution in [2.75, 3.05) is 19.6 Å². The first-order valence-electron chi connectivity index (χ1n) is 8.95. The topological polar surface area (TPSA) is 54.5 Å². The lowest BCUT2D eigenvalue weighted by atomic mass is 9.91. The van der Waals surface area contributed by atoms with Crippen molar-refractivity contribution in [1.29, 1.82) is 0 Å². The number of aromatic nitrogens is 1. The molecule has 0 aromatic carbocycles. The highest BCUT2D eigenvalue weighted by atomic mass is 16.6. The molecule has 1 aliphatic heterocycles. The predicted octanol–water partition coefficient (Wildman–Crippen LogP) is 3.25. The molecule has 1 aliphatic rings. The van der Waals surface area contributed by atoms with E-state index in [9.17, 15) is 4.79 Å². The molecule has 1 N–H and O–H groups in total. The number of alkyl carbamates (subject to hydrolysis) is 1. The standard InChI is InChI=1S/C19H31N3O2/c1-15(21-18(23)24-19(2,3)4)16-8-7-12-22(14-16)13-10-17-9-5-6-11-20-17/h5-6,9,11,15-16H,7-8,10,12-14H2,1-4H3,(H,21,23)/t15-,16-/m1/s1. The molecule has 1 aromatic rings. The van der Waals surface area contributed by atoms with Crippen molar-refractivity contribution in [3.05, 3.63) is 30.1 Å². The Labute approximate surface area is 145 Å². The summed E-state index contributed by atoms with van der Waals surface area (Å²) in [5.74, 6) is 0.468. The molecule has 1 fully saturated rings. The van der Waals surface area contributed by atoms with E-state index in [0.717, 1.165) is 38.2 Å². The first-order valence-corrected chi connectivity index (χ1v) is 8.95. The third-order valence-electron chi connectivity index (χ3n) is 4.40. The fourth-order valence-electron chi connectivity index (χ4n) is 3.13. The summed E-state index contributed by atoms with van der Waals surface area (Å²) in [6.07, 6.45) is 4.83. The zero-order chi connectivity index (χ0) is 17.6. The molecule has 1 aromatic heterocycles. The Balaban J connectivity index is 1.78. The van der Waals surface area contributed by atoms with Gasteiger partial charge in [-0.25, -0.2) is 4.79 Å². The quantitative estimate of drug-likeness (QED) is 0.899. The van der Waals surface area contributed by atoms with Gasteiger partial charge in [-0.2, -0.15) is 0 Å². The predicted molar refractivity (Wildman–Crippen MR) is 95.9 cm³/mol. The molecule has 134 valence electrons. The number of pyridine rings is 1. The Morgan fingerprint density at radius 1 is 1.46 bits per heavy atom. The van der Waals surface area contributed by atoms with Crippen LogP contribution in [0.2, 0.25) is 0 Å². The van der Waals surface area contributed by atoms with E-state index in [0.29, 0.717) is 5.92 Å². The molecule has 5 heteroatoms. The van der Waals surface area contributed by atoms with Crippen LogP contribution < -0.4 is 5.32 Å². The number of hydrogen-bond donors (Lipinski definition) is 1. The van der Waals surface area contributed by atoms with Gasteiger partial charge in [0.05, 0.1) is 0 Å². The summed E-state index contributed by atoms with van der Waals surface area (Å²) in [4.78, 5) is 18.8. The number of amides is 1. The number of nitrogens with one attached hydrogen (secondary N) is 1. The van der Waals surface area contributed by atoms with Crippen LogP contribution in [0.25, 0.3) is 0 Å². The third-order valence-corrected chi connectivity index (χ3v) is 4.40. The lowest BCUT2D eigenvalue weighted by Gasteiger charge is -2.36. The number of carbonyl (C=O) groups is 1. The Morgan fingerprint density at radius 2 is 2.25 bits per heavy atom. The number of carbonyl (C=O) groups excluding carboxylic acids is 1. The molecule has 1 saturated heterocycles. The van der Waals surface area contributed by atoms with Gasteiger partial charge in [-0.1, -0.05) is 6.07 Å². The van der Waals surface area contributed by atoms with Gasteiger partial charge in [0.2, 0.25) is 0 Å². The van der Waals surface area contributed by atoms with Crippen molar-refractivity contribution < 1.29 is 9.53 Å². The van der Waals surface area contributed by atoms with Gasteiger partial charge in [0.25, 0.3) is 0 Å². The largest absolute Gasteiger partial charge is 0.444 e. The summed E-state index contributed by atoms with van der Waals surface area (Å²) in [7, 11) is 0. The molecular formula is C19H31N3O2. The maximum atomic E-state index is 11.9. The van der Waals surface area contributed by atoms with Gasteiger partial charge in [-0.15, -0.1) is 0 Å². The molecule has 24 heavy (non-hydrogen) atoms. The second-order valence-electron chi connectivity index (χ2n) is 7.71. The van der Waals surface area contributed by atoms with Crippen LogP contribution in [0.5, 0.6) is 0 Å². The van der Waals surface area contributed by atoms with Crippen LogP contribution >= 0.6 is 0 Å². The lowest BCUT2D eigenvalue weighted by molar-refractivity contribution is 0.0468. The molecule has 0 saturated carbocycles. The number of rotatable bonds is 5. The third kappa shape index (κ3) is 6.48. The molecule has 1 amide bonds. The highest BCUT2D eigenvalue weighted by molar-refractivity contribution is 5.68. The van der Waals surface area contributed by atoms with E-state index in [4.69, 9.17) is 4.74 Å². The minimum Gasteiger partial charge on any atom is -0.444 e. The molecule has 0 aliphatic carbocycles. The second kappa shape index (κ2) is 8.47. The molecule has 2 atom stereocenters. The maximum absolute atomic E-state index is 11.9.